The molecule has 0 N–H and O–H groups in total. The quantitative estimate of drug-likeness (QED) is 0.733. The van der Waals surface area contributed by atoms with Crippen LogP contribution in [0.25, 0.3) is 0 Å². The number of benzene rings is 1. The van der Waals surface area contributed by atoms with Crippen LogP contribution in [0.15, 0.2) is 16.6 Å². The summed E-state index contributed by atoms with van der Waals surface area (Å²) in [6.07, 6.45) is 0. The van der Waals surface area contributed by atoms with E-state index in [1.54, 1.807) is 12.1 Å². The van der Waals surface area contributed by atoms with Crippen molar-refractivity contribution in [2.24, 2.45) is 0 Å². The molecule has 0 aromatic heterocycles. The Kier molecular flexibility index (Phi) is 2.38. The fraction of sp³-hybridized carbons (Fsp3) is 0.273. The predicted molar refractivity (Wildman–Crippen MR) is 61.2 cm³/mol. The van der Waals surface area contributed by atoms with Crippen LogP contribution in [-0.2, 0) is 4.79 Å². The smallest absolute Gasteiger partial charge is 0.299 e. The lowest BCUT2D eigenvalue weighted by molar-refractivity contribution is -0.114. The minimum atomic E-state index is -0.422. The molecule has 0 aliphatic carbocycles. The molecular formula is C11H10BrNO2. The molecule has 0 atom stereocenters. The highest BCUT2D eigenvalue weighted by atomic mass is 79.9. The number of halogens is 1. The summed E-state index contributed by atoms with van der Waals surface area (Å²) in [4.78, 5) is 24.8. The van der Waals surface area contributed by atoms with Gasteiger partial charge in [-0.3, -0.25) is 9.59 Å². The van der Waals surface area contributed by atoms with Gasteiger partial charge in [0.2, 0.25) is 0 Å². The third-order valence-corrected chi connectivity index (χ3v) is 3.49. The van der Waals surface area contributed by atoms with Gasteiger partial charge in [0, 0.05) is 11.0 Å². The van der Waals surface area contributed by atoms with Crippen molar-refractivity contribution >= 4 is 33.3 Å². The summed E-state index contributed by atoms with van der Waals surface area (Å²) in [5, 5.41) is 0. The Morgan fingerprint density at radius 1 is 1.33 bits per heavy atom. The number of carbonyl (C=O) groups is 2. The van der Waals surface area contributed by atoms with E-state index in [9.17, 15) is 9.59 Å². The fourth-order valence-electron chi connectivity index (χ4n) is 1.85. The molecule has 0 fully saturated rings. The fourth-order valence-corrected chi connectivity index (χ4v) is 2.17. The first-order valence-corrected chi connectivity index (χ1v) is 5.52. The van der Waals surface area contributed by atoms with Gasteiger partial charge in [0.15, 0.2) is 0 Å². The van der Waals surface area contributed by atoms with Crippen LogP contribution in [0.3, 0.4) is 0 Å². The normalized spacial score (nSPS) is 14.7. The molecular weight excluding hydrogens is 258 g/mol. The van der Waals surface area contributed by atoms with E-state index in [0.29, 0.717) is 12.1 Å². The van der Waals surface area contributed by atoms with E-state index in [0.717, 1.165) is 15.7 Å². The third-order valence-electron chi connectivity index (χ3n) is 2.64. The molecule has 1 aliphatic rings. The van der Waals surface area contributed by atoms with Crippen LogP contribution in [0.4, 0.5) is 5.69 Å². The summed E-state index contributed by atoms with van der Waals surface area (Å²) in [6, 6.07) is 3.50. The number of likely N-dealkylation sites (N-methyl/N-ethyl adjacent to an activating group) is 1. The van der Waals surface area contributed by atoms with Crippen molar-refractivity contribution in [3.8, 4) is 0 Å². The van der Waals surface area contributed by atoms with Crippen molar-refractivity contribution in [3.63, 3.8) is 0 Å². The highest BCUT2D eigenvalue weighted by molar-refractivity contribution is 9.10. The molecule has 0 bridgehead atoms. The zero-order chi connectivity index (χ0) is 11.2. The molecule has 4 heteroatoms. The predicted octanol–water partition coefficient (Wildman–Crippen LogP) is 2.31. The summed E-state index contributed by atoms with van der Waals surface area (Å²) < 4.78 is 0.919. The molecule has 1 aromatic rings. The number of rotatable bonds is 1. The summed E-state index contributed by atoms with van der Waals surface area (Å²) >= 11 is 3.40. The Morgan fingerprint density at radius 2 is 2.00 bits per heavy atom. The Balaban J connectivity index is 2.72. The first-order valence-electron chi connectivity index (χ1n) is 4.73. The van der Waals surface area contributed by atoms with E-state index in [1.807, 2.05) is 13.8 Å². The highest BCUT2D eigenvalue weighted by Crippen LogP contribution is 2.35. The molecule has 2 rings (SSSR count). The van der Waals surface area contributed by atoms with Gasteiger partial charge in [0.05, 0.1) is 11.3 Å². The number of nitrogens with zero attached hydrogens (tertiary/aromatic N) is 1. The van der Waals surface area contributed by atoms with E-state index >= 15 is 0 Å². The minimum absolute atomic E-state index is 0.401. The molecule has 0 saturated heterocycles. The van der Waals surface area contributed by atoms with Gasteiger partial charge >= 0.3 is 0 Å². The molecule has 1 aliphatic heterocycles. The number of fused-ring (bicyclic) bond motifs is 1. The van der Waals surface area contributed by atoms with E-state index in [-0.39, 0.29) is 0 Å². The monoisotopic (exact) mass is 267 g/mol. The molecule has 78 valence electrons. The van der Waals surface area contributed by atoms with Crippen LogP contribution in [0, 0.1) is 6.92 Å². The maximum Gasteiger partial charge on any atom is 0.299 e. The van der Waals surface area contributed by atoms with Crippen LogP contribution < -0.4 is 4.90 Å². The number of amides is 1. The van der Waals surface area contributed by atoms with Crippen molar-refractivity contribution in [2.45, 2.75) is 13.8 Å². The standard InChI is InChI=1S/C11H10BrNO2/c1-3-13-9-6(2)8(12)5-4-7(9)10(14)11(13)15/h4-5H,3H2,1-2H3. The van der Waals surface area contributed by atoms with Gasteiger partial charge in [0.1, 0.15) is 0 Å². The first kappa shape index (κ1) is 10.4. The molecule has 15 heavy (non-hydrogen) atoms. The summed E-state index contributed by atoms with van der Waals surface area (Å²) in [6.45, 7) is 4.28. The first-order chi connectivity index (χ1) is 7.07. The lowest BCUT2D eigenvalue weighted by Crippen LogP contribution is -2.29. The van der Waals surface area contributed by atoms with Crippen LogP contribution in [0.1, 0.15) is 22.8 Å². The van der Waals surface area contributed by atoms with Gasteiger partial charge in [-0.15, -0.1) is 0 Å². The summed E-state index contributed by atoms with van der Waals surface area (Å²) in [5.74, 6) is -0.823. The molecule has 0 saturated carbocycles. The largest absolute Gasteiger partial charge is 0.305 e. The molecule has 3 nitrogen and oxygen atoms in total. The van der Waals surface area contributed by atoms with Crippen molar-refractivity contribution in [2.75, 3.05) is 11.4 Å². The summed E-state index contributed by atoms with van der Waals surface area (Å²) in [5.41, 5.74) is 2.21. The molecule has 0 radical (unpaired) electrons. The molecule has 1 amide bonds. The highest BCUT2D eigenvalue weighted by Gasteiger charge is 2.36. The van der Waals surface area contributed by atoms with Gasteiger partial charge < -0.3 is 4.90 Å². The number of carbonyl (C=O) groups excluding carboxylic acids is 2. The Bertz CT molecular complexity index is 468. The van der Waals surface area contributed by atoms with Crippen LogP contribution in [-0.4, -0.2) is 18.2 Å². The second-order valence-corrected chi connectivity index (χ2v) is 4.30. The van der Waals surface area contributed by atoms with Gasteiger partial charge in [-0.1, -0.05) is 15.9 Å². The maximum absolute atomic E-state index is 11.6. The van der Waals surface area contributed by atoms with Gasteiger partial charge in [-0.05, 0) is 31.5 Å². The second-order valence-electron chi connectivity index (χ2n) is 3.45. The number of ketones is 1. The topological polar surface area (TPSA) is 37.4 Å². The Morgan fingerprint density at radius 3 is 2.60 bits per heavy atom. The molecule has 0 unspecified atom stereocenters. The van der Waals surface area contributed by atoms with Crippen molar-refractivity contribution in [3.05, 3.63) is 27.7 Å². The number of Topliss-reactive ketones (excluding diaryl/α,β-unsaturated/α-hetero) is 1. The van der Waals surface area contributed by atoms with Crippen LogP contribution in [0.2, 0.25) is 0 Å². The number of hydrogen-bond donors (Lipinski definition) is 0. The second kappa shape index (κ2) is 3.45. The van der Waals surface area contributed by atoms with Gasteiger partial charge in [-0.2, -0.15) is 0 Å². The van der Waals surface area contributed by atoms with Gasteiger partial charge in [0.25, 0.3) is 11.7 Å². The number of anilines is 1. The number of hydrogen-bond acceptors (Lipinski definition) is 2. The lowest BCUT2D eigenvalue weighted by Gasteiger charge is -2.16. The molecule has 0 spiro atoms. The maximum atomic E-state index is 11.6. The van der Waals surface area contributed by atoms with Crippen molar-refractivity contribution in [1.82, 2.24) is 0 Å². The average molecular weight is 268 g/mol. The van der Waals surface area contributed by atoms with Gasteiger partial charge in [-0.25, -0.2) is 0 Å². The minimum Gasteiger partial charge on any atom is -0.305 e. The average Bonchev–Trinajstić information content (AvgIpc) is 2.47. The lowest BCUT2D eigenvalue weighted by atomic mass is 10.1. The van der Waals surface area contributed by atoms with E-state index in [2.05, 4.69) is 15.9 Å². The third kappa shape index (κ3) is 1.32. The SMILES string of the molecule is CCN1C(=O)C(=O)c2ccc(Br)c(C)c21. The molecule has 1 heterocycles. The Hall–Kier alpha value is -1.16. The van der Waals surface area contributed by atoms with Crippen molar-refractivity contribution < 1.29 is 9.59 Å². The summed E-state index contributed by atoms with van der Waals surface area (Å²) in [7, 11) is 0. The van der Waals surface area contributed by atoms with Crippen LogP contribution in [0.5, 0.6) is 0 Å². The molecule has 1 aromatic carbocycles. The van der Waals surface area contributed by atoms with E-state index in [4.69, 9.17) is 0 Å². The van der Waals surface area contributed by atoms with E-state index < -0.39 is 11.7 Å². The van der Waals surface area contributed by atoms with Crippen molar-refractivity contribution in [1.29, 1.82) is 0 Å². The van der Waals surface area contributed by atoms with E-state index in [1.165, 1.54) is 4.90 Å². The zero-order valence-electron chi connectivity index (χ0n) is 8.50. The van der Waals surface area contributed by atoms with Crippen LogP contribution >= 0.6 is 15.9 Å². The zero-order valence-corrected chi connectivity index (χ0v) is 10.1. The Labute approximate surface area is 96.2 Å².